The van der Waals surface area contributed by atoms with Crippen LogP contribution in [0.2, 0.25) is 5.02 Å². The summed E-state index contributed by atoms with van der Waals surface area (Å²) in [5.41, 5.74) is 1.65. The number of H-pyrrole nitrogens is 1. The number of benzene rings is 1. The largest absolute Gasteiger partial charge is 0.489 e. The lowest BCUT2D eigenvalue weighted by Crippen LogP contribution is -2.33. The van der Waals surface area contributed by atoms with E-state index in [1.165, 1.54) is 12.1 Å². The van der Waals surface area contributed by atoms with E-state index in [0.29, 0.717) is 11.7 Å². The van der Waals surface area contributed by atoms with Crippen LogP contribution >= 0.6 is 11.6 Å². The zero-order valence-electron chi connectivity index (χ0n) is 16.8. The average Bonchev–Trinajstić information content (AvgIpc) is 2.80. The van der Waals surface area contributed by atoms with Crippen molar-refractivity contribution in [2.24, 2.45) is 5.92 Å². The van der Waals surface area contributed by atoms with Crippen LogP contribution in [0.3, 0.4) is 0 Å². The Kier molecular flexibility index (Phi) is 5.99. The number of fused-ring (bicyclic) bond motifs is 1. The molecule has 8 heteroatoms. The number of pyridine rings is 1. The molecule has 1 aromatic heterocycles. The molecule has 1 saturated carbocycles. The second-order valence-electron chi connectivity index (χ2n) is 8.25. The molecule has 2 aliphatic carbocycles. The molecule has 2 amide bonds. The minimum Gasteiger partial charge on any atom is -0.489 e. The fourth-order valence-electron chi connectivity index (χ4n) is 3.96. The van der Waals surface area contributed by atoms with E-state index in [4.69, 9.17) is 16.3 Å². The molecule has 2 atom stereocenters. The van der Waals surface area contributed by atoms with E-state index in [-0.39, 0.29) is 28.4 Å². The molecule has 4 rings (SSSR count). The summed E-state index contributed by atoms with van der Waals surface area (Å²) in [6.07, 6.45) is 7.12. The van der Waals surface area contributed by atoms with Gasteiger partial charge in [0.2, 0.25) is 5.56 Å². The van der Waals surface area contributed by atoms with E-state index in [1.54, 1.807) is 12.3 Å². The summed E-state index contributed by atoms with van der Waals surface area (Å²) < 4.78 is 20.2. The number of halogens is 2. The van der Waals surface area contributed by atoms with E-state index < -0.39 is 11.8 Å². The molecule has 6 nitrogen and oxygen atoms in total. The van der Waals surface area contributed by atoms with Gasteiger partial charge in [0.15, 0.2) is 5.82 Å². The van der Waals surface area contributed by atoms with Crippen LogP contribution in [0.25, 0.3) is 0 Å². The first-order chi connectivity index (χ1) is 14.4. The number of rotatable bonds is 4. The van der Waals surface area contributed by atoms with Crippen LogP contribution < -0.4 is 20.9 Å². The van der Waals surface area contributed by atoms with Gasteiger partial charge in [-0.05, 0) is 61.6 Å². The summed E-state index contributed by atoms with van der Waals surface area (Å²) in [7, 11) is 0. The van der Waals surface area contributed by atoms with E-state index in [1.807, 2.05) is 0 Å². The SMILES string of the molecule is C[C@H]1CC[C@@H](NC(=O)Nc2cc(Cl)c(OC3CCC3)cc2F)c2c[nH]c(=O)cc2C1. The van der Waals surface area contributed by atoms with Crippen molar-refractivity contribution < 1.29 is 13.9 Å². The van der Waals surface area contributed by atoms with E-state index >= 15 is 0 Å². The maximum atomic E-state index is 14.5. The van der Waals surface area contributed by atoms with Crippen molar-refractivity contribution in [2.75, 3.05) is 5.32 Å². The number of aromatic nitrogens is 1. The summed E-state index contributed by atoms with van der Waals surface area (Å²) in [6, 6.07) is 3.36. The molecule has 0 radical (unpaired) electrons. The second-order valence-corrected chi connectivity index (χ2v) is 8.66. The van der Waals surface area contributed by atoms with Crippen LogP contribution in [0.5, 0.6) is 5.75 Å². The molecule has 30 heavy (non-hydrogen) atoms. The molecule has 3 N–H and O–H groups in total. The minimum absolute atomic E-state index is 0.0119. The molecular weight excluding hydrogens is 409 g/mol. The van der Waals surface area contributed by atoms with E-state index in [9.17, 15) is 14.0 Å². The van der Waals surface area contributed by atoms with Crippen LogP contribution in [-0.4, -0.2) is 17.1 Å². The van der Waals surface area contributed by atoms with E-state index in [0.717, 1.165) is 49.7 Å². The summed E-state index contributed by atoms with van der Waals surface area (Å²) in [5, 5.41) is 5.70. The summed E-state index contributed by atoms with van der Waals surface area (Å²) in [5.74, 6) is 0.0865. The quantitative estimate of drug-likeness (QED) is 0.597. The molecule has 0 bridgehead atoms. The monoisotopic (exact) mass is 433 g/mol. The maximum Gasteiger partial charge on any atom is 0.319 e. The van der Waals surface area contributed by atoms with Crippen LogP contribution in [0, 0.1) is 11.7 Å². The first-order valence-electron chi connectivity index (χ1n) is 10.3. The van der Waals surface area contributed by atoms with Crippen molar-refractivity contribution in [2.45, 2.75) is 57.6 Å². The normalized spacial score (nSPS) is 21.2. The van der Waals surface area contributed by atoms with E-state index in [2.05, 4.69) is 22.5 Å². The molecule has 2 aliphatic rings. The van der Waals surface area contributed by atoms with Gasteiger partial charge in [-0.2, -0.15) is 0 Å². The van der Waals surface area contributed by atoms with Crippen LogP contribution in [0.15, 0.2) is 29.2 Å². The van der Waals surface area contributed by atoms with Crippen LogP contribution in [0.1, 0.15) is 56.2 Å². The highest BCUT2D eigenvalue weighted by molar-refractivity contribution is 6.32. The molecule has 1 heterocycles. The minimum atomic E-state index is -0.608. The molecule has 0 saturated heterocycles. The van der Waals surface area contributed by atoms with Crippen molar-refractivity contribution in [3.8, 4) is 5.75 Å². The summed E-state index contributed by atoms with van der Waals surface area (Å²) >= 11 is 6.22. The van der Waals surface area contributed by atoms with Gasteiger partial charge in [-0.1, -0.05) is 18.5 Å². The number of hydrogen-bond acceptors (Lipinski definition) is 3. The Morgan fingerprint density at radius 2 is 2.03 bits per heavy atom. The molecule has 0 aliphatic heterocycles. The number of amides is 2. The number of aromatic amines is 1. The average molecular weight is 434 g/mol. The third-order valence-electron chi connectivity index (χ3n) is 5.86. The van der Waals surface area contributed by atoms with Gasteiger partial charge in [-0.15, -0.1) is 0 Å². The Morgan fingerprint density at radius 1 is 1.23 bits per heavy atom. The molecule has 2 aromatic rings. The van der Waals surface area contributed by atoms with Gasteiger partial charge < -0.3 is 20.4 Å². The highest BCUT2D eigenvalue weighted by atomic mass is 35.5. The Labute approximate surface area is 179 Å². The molecule has 0 spiro atoms. The Morgan fingerprint density at radius 3 is 2.77 bits per heavy atom. The zero-order valence-corrected chi connectivity index (χ0v) is 17.5. The fourth-order valence-corrected chi connectivity index (χ4v) is 4.17. The van der Waals surface area contributed by atoms with Gasteiger partial charge in [0.05, 0.1) is 22.9 Å². The fraction of sp³-hybridized carbons (Fsp3) is 0.455. The number of ether oxygens (including phenoxy) is 1. The number of nitrogens with one attached hydrogen (secondary N) is 3. The van der Waals surface area contributed by atoms with Crippen molar-refractivity contribution in [1.82, 2.24) is 10.3 Å². The number of urea groups is 1. The smallest absolute Gasteiger partial charge is 0.319 e. The van der Waals surface area contributed by atoms with Crippen LogP contribution in [-0.2, 0) is 6.42 Å². The Hall–Kier alpha value is -2.54. The van der Waals surface area contributed by atoms with Gasteiger partial charge in [0.25, 0.3) is 0 Å². The third kappa shape index (κ3) is 4.61. The second kappa shape index (κ2) is 8.68. The Balaban J connectivity index is 1.47. The third-order valence-corrected chi connectivity index (χ3v) is 6.15. The number of anilines is 1. The molecule has 1 fully saturated rings. The highest BCUT2D eigenvalue weighted by Crippen LogP contribution is 2.34. The van der Waals surface area contributed by atoms with Crippen LogP contribution in [0.4, 0.5) is 14.9 Å². The van der Waals surface area contributed by atoms with Crippen molar-refractivity contribution in [1.29, 1.82) is 0 Å². The molecule has 1 aromatic carbocycles. The van der Waals surface area contributed by atoms with Gasteiger partial charge >= 0.3 is 6.03 Å². The van der Waals surface area contributed by atoms with Crippen molar-refractivity contribution in [3.05, 3.63) is 56.7 Å². The lowest BCUT2D eigenvalue weighted by atomic mass is 9.96. The lowest BCUT2D eigenvalue weighted by molar-refractivity contribution is 0.120. The summed E-state index contributed by atoms with van der Waals surface area (Å²) in [6.45, 7) is 2.12. The predicted octanol–water partition coefficient (Wildman–Crippen LogP) is 4.93. The molecule has 0 unspecified atom stereocenters. The standard InChI is InChI=1S/C22H25ClFN3O3/c1-12-5-6-18(15-11-25-21(28)8-13(15)7-12)26-22(29)27-19-9-16(23)20(10-17(19)24)30-14-3-2-4-14/h8-12,14,18H,2-7H2,1H3,(H,25,28)(H2,26,27,29)/t12-,18+/m0/s1. The number of carbonyl (C=O) groups excluding carboxylic acids is 1. The van der Waals surface area contributed by atoms with Gasteiger partial charge in [-0.3, -0.25) is 4.79 Å². The Bertz CT molecular complexity index is 1010. The van der Waals surface area contributed by atoms with Crippen molar-refractivity contribution in [3.63, 3.8) is 0 Å². The first kappa shape index (κ1) is 20.7. The van der Waals surface area contributed by atoms with Gasteiger partial charge in [0.1, 0.15) is 5.75 Å². The molecular formula is C22H25ClFN3O3. The van der Waals surface area contributed by atoms with Crippen molar-refractivity contribution >= 4 is 23.3 Å². The zero-order chi connectivity index (χ0) is 21.3. The topological polar surface area (TPSA) is 83.2 Å². The summed E-state index contributed by atoms with van der Waals surface area (Å²) in [4.78, 5) is 27.0. The number of carbonyl (C=O) groups is 1. The predicted molar refractivity (Wildman–Crippen MR) is 114 cm³/mol. The number of hydrogen-bond donors (Lipinski definition) is 3. The van der Waals surface area contributed by atoms with Gasteiger partial charge in [0, 0.05) is 18.3 Å². The molecule has 160 valence electrons. The highest BCUT2D eigenvalue weighted by Gasteiger charge is 2.25. The maximum absolute atomic E-state index is 14.5. The van der Waals surface area contributed by atoms with Gasteiger partial charge in [-0.25, -0.2) is 9.18 Å². The lowest BCUT2D eigenvalue weighted by Gasteiger charge is -2.27. The first-order valence-corrected chi connectivity index (χ1v) is 10.7.